The first kappa shape index (κ1) is 87.1. The van der Waals surface area contributed by atoms with Crippen molar-refractivity contribution in [2.75, 3.05) is 39.6 Å². The molecule has 0 saturated heterocycles. The van der Waals surface area contributed by atoms with Crippen molar-refractivity contribution in [3.05, 3.63) is 0 Å². The van der Waals surface area contributed by atoms with E-state index < -0.39 is 97.5 Å². The molecule has 0 amide bonds. The third-order valence-electron chi connectivity index (χ3n) is 16.3. The van der Waals surface area contributed by atoms with Crippen LogP contribution in [0.4, 0.5) is 0 Å². The molecule has 0 bridgehead atoms. The molecule has 3 N–H and O–H groups in total. The molecule has 0 aliphatic heterocycles. The zero-order chi connectivity index (χ0) is 65.6. The molecule has 0 aromatic carbocycles. The third-order valence-corrected chi connectivity index (χ3v) is 18.2. The Hall–Kier alpha value is -1.94. The number of unbranched alkanes of at least 4 members (excludes halogenated alkanes) is 42. The van der Waals surface area contributed by atoms with E-state index >= 15 is 0 Å². The lowest BCUT2D eigenvalue weighted by molar-refractivity contribution is -0.161. The van der Waals surface area contributed by atoms with E-state index in [1.54, 1.807) is 0 Å². The summed E-state index contributed by atoms with van der Waals surface area (Å²) in [6, 6.07) is 0. The van der Waals surface area contributed by atoms with E-state index in [-0.39, 0.29) is 25.7 Å². The second kappa shape index (κ2) is 63.5. The first-order valence-electron chi connectivity index (χ1n) is 36.6. The fraction of sp³-hybridized carbons (Fsp3) is 0.943. The zero-order valence-electron chi connectivity index (χ0n) is 57.6. The number of carbonyl (C=O) groups is 4. The van der Waals surface area contributed by atoms with E-state index in [9.17, 15) is 43.2 Å². The highest BCUT2D eigenvalue weighted by molar-refractivity contribution is 7.47. The topological polar surface area (TPSA) is 237 Å². The molecule has 2 unspecified atom stereocenters. The summed E-state index contributed by atoms with van der Waals surface area (Å²) < 4.78 is 68.3. The number of phosphoric acid groups is 2. The molecule has 19 heteroatoms. The molecule has 89 heavy (non-hydrogen) atoms. The molecule has 528 valence electrons. The van der Waals surface area contributed by atoms with Crippen molar-refractivity contribution in [2.45, 2.75) is 380 Å². The average Bonchev–Trinajstić information content (AvgIpc) is 3.63. The normalized spacial score (nSPS) is 14.1. The Labute approximate surface area is 543 Å². The highest BCUT2D eigenvalue weighted by Crippen LogP contribution is 2.45. The Kier molecular flexibility index (Phi) is 62.1. The SMILES string of the molecule is CCCCCCCCCCCCCCCCC(=O)O[C@H](COC(=O)CCCCCCCCCCCCCCC)COP(=O)(O)OC[C@@H](O)COP(=O)(O)OC[C@@H](COC(=O)CCCCCCCCCCCC)OC(=O)CCCCCCCCCCCC(C)C. The van der Waals surface area contributed by atoms with Crippen LogP contribution in [0, 0.1) is 5.92 Å². The predicted octanol–water partition coefficient (Wildman–Crippen LogP) is 20.1. The van der Waals surface area contributed by atoms with E-state index in [1.165, 1.54) is 186 Å². The molecule has 0 heterocycles. The molecule has 17 nitrogen and oxygen atoms in total. The summed E-state index contributed by atoms with van der Waals surface area (Å²) in [7, 11) is -9.90. The van der Waals surface area contributed by atoms with Crippen LogP contribution in [-0.2, 0) is 65.4 Å². The highest BCUT2D eigenvalue weighted by Gasteiger charge is 2.30. The fourth-order valence-electron chi connectivity index (χ4n) is 10.6. The van der Waals surface area contributed by atoms with Crippen LogP contribution in [0.1, 0.15) is 362 Å². The Morgan fingerprint density at radius 3 is 0.764 bits per heavy atom. The molecule has 0 spiro atoms. The summed E-state index contributed by atoms with van der Waals surface area (Å²) >= 11 is 0. The monoisotopic (exact) mass is 1310 g/mol. The van der Waals surface area contributed by atoms with Crippen LogP contribution in [0.25, 0.3) is 0 Å². The van der Waals surface area contributed by atoms with Gasteiger partial charge in [-0.05, 0) is 31.6 Å². The zero-order valence-corrected chi connectivity index (χ0v) is 59.4. The van der Waals surface area contributed by atoms with E-state index in [0.29, 0.717) is 25.7 Å². The van der Waals surface area contributed by atoms with Crippen molar-refractivity contribution >= 4 is 39.5 Å². The van der Waals surface area contributed by atoms with Crippen molar-refractivity contribution < 1.29 is 80.2 Å². The van der Waals surface area contributed by atoms with Crippen LogP contribution in [-0.4, -0.2) is 96.7 Å². The van der Waals surface area contributed by atoms with Crippen LogP contribution in [0.2, 0.25) is 0 Å². The van der Waals surface area contributed by atoms with Crippen LogP contribution >= 0.6 is 15.6 Å². The maximum absolute atomic E-state index is 13.0. The minimum Gasteiger partial charge on any atom is -0.462 e. The Bertz CT molecular complexity index is 1720. The molecular formula is C70H136O17P2. The number of esters is 4. The number of phosphoric ester groups is 2. The van der Waals surface area contributed by atoms with Gasteiger partial charge in [0.25, 0.3) is 0 Å². The van der Waals surface area contributed by atoms with Gasteiger partial charge in [0.05, 0.1) is 26.4 Å². The molecule has 0 saturated carbocycles. The van der Waals surface area contributed by atoms with Gasteiger partial charge < -0.3 is 33.8 Å². The van der Waals surface area contributed by atoms with E-state index in [1.807, 2.05) is 0 Å². The summed E-state index contributed by atoms with van der Waals surface area (Å²) in [6.07, 6.45) is 49.8. The second-order valence-electron chi connectivity index (χ2n) is 25.7. The maximum atomic E-state index is 13.0. The highest BCUT2D eigenvalue weighted by atomic mass is 31.2. The number of hydrogen-bond donors (Lipinski definition) is 3. The lowest BCUT2D eigenvalue weighted by Gasteiger charge is -2.21. The van der Waals surface area contributed by atoms with Gasteiger partial charge in [-0.25, -0.2) is 9.13 Å². The summed E-state index contributed by atoms with van der Waals surface area (Å²) in [5.74, 6) is -1.38. The van der Waals surface area contributed by atoms with Crippen molar-refractivity contribution in [3.8, 4) is 0 Å². The van der Waals surface area contributed by atoms with Crippen molar-refractivity contribution in [1.29, 1.82) is 0 Å². The summed E-state index contributed by atoms with van der Waals surface area (Å²) in [4.78, 5) is 72.5. The number of aliphatic hydroxyl groups excluding tert-OH is 1. The number of carbonyl (C=O) groups excluding carboxylic acids is 4. The molecule has 0 aliphatic rings. The number of ether oxygens (including phenoxy) is 4. The summed E-state index contributed by atoms with van der Waals surface area (Å²) in [5, 5.41) is 10.6. The Morgan fingerprint density at radius 2 is 0.517 bits per heavy atom. The van der Waals surface area contributed by atoms with Gasteiger partial charge in [0.2, 0.25) is 0 Å². The van der Waals surface area contributed by atoms with E-state index in [4.69, 9.17) is 37.0 Å². The van der Waals surface area contributed by atoms with Gasteiger partial charge in [-0.2, -0.15) is 0 Å². The quantitative estimate of drug-likeness (QED) is 0.0222. The first-order valence-corrected chi connectivity index (χ1v) is 39.6. The Morgan fingerprint density at radius 1 is 0.303 bits per heavy atom. The standard InChI is InChI=1S/C70H136O17P2/c1-6-9-12-15-18-21-24-26-28-30-35-40-45-50-55-69(74)86-65(60-81-68(73)54-49-44-39-34-29-27-25-22-19-16-13-10-7-2)61-84-88(76,77)82-57-64(71)58-83-89(78,79)85-62-66(59-80-67(72)53-48-43-38-33-23-20-17-14-11-8-3)87-70(75)56-51-46-41-36-31-32-37-42-47-52-63(4)5/h63-66,71H,6-62H2,1-5H3,(H,76,77)(H,78,79)/t64-,65-,66-/m1/s1. The molecule has 0 rings (SSSR count). The molecule has 0 aromatic heterocycles. The molecule has 0 aliphatic carbocycles. The predicted molar refractivity (Wildman–Crippen MR) is 358 cm³/mol. The van der Waals surface area contributed by atoms with Crippen molar-refractivity contribution in [2.24, 2.45) is 5.92 Å². The van der Waals surface area contributed by atoms with Crippen LogP contribution in [0.5, 0.6) is 0 Å². The van der Waals surface area contributed by atoms with Gasteiger partial charge in [-0.3, -0.25) is 37.3 Å². The van der Waals surface area contributed by atoms with Crippen LogP contribution in [0.15, 0.2) is 0 Å². The largest absolute Gasteiger partial charge is 0.472 e. The lowest BCUT2D eigenvalue weighted by atomic mass is 10.0. The van der Waals surface area contributed by atoms with Gasteiger partial charge in [0, 0.05) is 25.7 Å². The van der Waals surface area contributed by atoms with Gasteiger partial charge in [-0.1, -0.05) is 311 Å². The molecule has 0 aromatic rings. The van der Waals surface area contributed by atoms with Crippen molar-refractivity contribution in [1.82, 2.24) is 0 Å². The number of aliphatic hydroxyl groups is 1. The number of hydrogen-bond acceptors (Lipinski definition) is 15. The summed E-state index contributed by atoms with van der Waals surface area (Å²) in [6.45, 7) is 7.22. The molecule has 0 fully saturated rings. The van der Waals surface area contributed by atoms with Crippen LogP contribution in [0.3, 0.4) is 0 Å². The fourth-order valence-corrected chi connectivity index (χ4v) is 12.2. The Balaban J connectivity index is 5.25. The van der Waals surface area contributed by atoms with Crippen molar-refractivity contribution in [3.63, 3.8) is 0 Å². The van der Waals surface area contributed by atoms with Gasteiger partial charge >= 0.3 is 39.5 Å². The molecular weight excluding hydrogens is 1170 g/mol. The molecule has 0 radical (unpaired) electrons. The molecule has 5 atom stereocenters. The van der Waals surface area contributed by atoms with E-state index in [2.05, 4.69) is 34.6 Å². The van der Waals surface area contributed by atoms with E-state index in [0.717, 1.165) is 95.8 Å². The maximum Gasteiger partial charge on any atom is 0.472 e. The third kappa shape index (κ3) is 64.6. The van der Waals surface area contributed by atoms with Gasteiger partial charge in [0.15, 0.2) is 12.2 Å². The van der Waals surface area contributed by atoms with Gasteiger partial charge in [0.1, 0.15) is 19.3 Å². The average molecular weight is 1310 g/mol. The van der Waals surface area contributed by atoms with Crippen LogP contribution < -0.4 is 0 Å². The first-order chi connectivity index (χ1) is 43.0. The smallest absolute Gasteiger partial charge is 0.462 e. The van der Waals surface area contributed by atoms with Gasteiger partial charge in [-0.15, -0.1) is 0 Å². The second-order valence-corrected chi connectivity index (χ2v) is 28.7. The lowest BCUT2D eigenvalue weighted by Crippen LogP contribution is -2.30. The minimum atomic E-state index is -4.95. The summed E-state index contributed by atoms with van der Waals surface area (Å²) in [5.41, 5.74) is 0. The minimum absolute atomic E-state index is 0.106. The number of rotatable bonds is 70.